The second-order valence-corrected chi connectivity index (χ2v) is 9.72. The average Bonchev–Trinajstić information content (AvgIpc) is 3.24. The van der Waals surface area contributed by atoms with Gasteiger partial charge in [0.05, 0.1) is 5.75 Å². The van der Waals surface area contributed by atoms with Crippen molar-refractivity contribution in [1.29, 1.82) is 0 Å². The molecule has 0 bridgehead atoms. The maximum absolute atomic E-state index is 14.5. The van der Waals surface area contributed by atoms with E-state index < -0.39 is 15.8 Å². The van der Waals surface area contributed by atoms with Gasteiger partial charge < -0.3 is 9.30 Å². The van der Waals surface area contributed by atoms with Crippen LogP contribution in [0.1, 0.15) is 23.6 Å². The average molecular weight is 455 g/mol. The van der Waals surface area contributed by atoms with Gasteiger partial charge in [-0.3, -0.25) is 9.52 Å². The summed E-state index contributed by atoms with van der Waals surface area (Å²) < 4.78 is 48.6. The zero-order chi connectivity index (χ0) is 23.0. The number of nitrogens with zero attached hydrogens (tertiary/aromatic N) is 1. The molecular weight excluding hydrogens is 431 g/mol. The fraction of sp³-hybridized carbons (Fsp3) is 0.208. The van der Waals surface area contributed by atoms with Crippen molar-refractivity contribution in [1.82, 2.24) is 4.57 Å². The number of aryl methyl sites for hydroxylation is 2. The SMILES string of the molecule is CCS(=O)(=O)Nc1ccc(Oc2ccc(C)cc2F)c(-c2cn(C)c(=O)c3c2C=CC3)c1. The normalized spacial score (nSPS) is 12.6. The molecule has 0 saturated carbocycles. The minimum Gasteiger partial charge on any atom is -0.454 e. The first kappa shape index (κ1) is 21.8. The largest absolute Gasteiger partial charge is 0.454 e. The van der Waals surface area contributed by atoms with E-state index in [1.807, 2.05) is 12.2 Å². The molecule has 2 aromatic carbocycles. The third-order valence-corrected chi connectivity index (χ3v) is 6.66. The first-order valence-corrected chi connectivity index (χ1v) is 11.8. The second-order valence-electron chi connectivity index (χ2n) is 7.71. The van der Waals surface area contributed by atoms with Crippen molar-refractivity contribution in [2.75, 3.05) is 10.5 Å². The van der Waals surface area contributed by atoms with Crippen molar-refractivity contribution in [3.05, 3.63) is 81.5 Å². The molecule has 1 aliphatic rings. The second kappa shape index (κ2) is 8.27. The number of pyridine rings is 1. The summed E-state index contributed by atoms with van der Waals surface area (Å²) in [7, 11) is -1.84. The van der Waals surface area contributed by atoms with Crippen LogP contribution in [0, 0.1) is 12.7 Å². The molecule has 4 rings (SSSR count). The molecule has 6 nitrogen and oxygen atoms in total. The third-order valence-electron chi connectivity index (χ3n) is 5.35. The van der Waals surface area contributed by atoms with Crippen molar-refractivity contribution in [2.45, 2.75) is 20.3 Å². The molecule has 8 heteroatoms. The van der Waals surface area contributed by atoms with Gasteiger partial charge in [-0.05, 0) is 61.7 Å². The number of hydrogen-bond acceptors (Lipinski definition) is 4. The summed E-state index contributed by atoms with van der Waals surface area (Å²) in [4.78, 5) is 12.5. The summed E-state index contributed by atoms with van der Waals surface area (Å²) in [5, 5.41) is 0. The quantitative estimate of drug-likeness (QED) is 0.590. The van der Waals surface area contributed by atoms with Crippen LogP contribution in [0.2, 0.25) is 0 Å². The molecule has 32 heavy (non-hydrogen) atoms. The predicted molar refractivity (Wildman–Crippen MR) is 124 cm³/mol. The fourth-order valence-electron chi connectivity index (χ4n) is 3.66. The monoisotopic (exact) mass is 454 g/mol. The van der Waals surface area contributed by atoms with Crippen LogP contribution in [-0.2, 0) is 23.5 Å². The Balaban J connectivity index is 1.90. The van der Waals surface area contributed by atoms with Crippen molar-refractivity contribution in [3.8, 4) is 22.6 Å². The van der Waals surface area contributed by atoms with Crippen molar-refractivity contribution < 1.29 is 17.5 Å². The van der Waals surface area contributed by atoms with Crippen LogP contribution in [0.5, 0.6) is 11.5 Å². The zero-order valence-electron chi connectivity index (χ0n) is 18.0. The lowest BCUT2D eigenvalue weighted by molar-refractivity contribution is 0.443. The molecule has 0 aliphatic heterocycles. The highest BCUT2D eigenvalue weighted by atomic mass is 32.2. The first-order chi connectivity index (χ1) is 15.2. The lowest BCUT2D eigenvalue weighted by Gasteiger charge is -2.17. The smallest absolute Gasteiger partial charge is 0.254 e. The molecule has 166 valence electrons. The molecule has 3 aromatic rings. The number of benzene rings is 2. The molecular formula is C24H23FN2O4S. The number of halogens is 1. The van der Waals surface area contributed by atoms with E-state index in [-0.39, 0.29) is 17.1 Å². The Bertz CT molecular complexity index is 1410. The van der Waals surface area contributed by atoms with E-state index >= 15 is 0 Å². The van der Waals surface area contributed by atoms with Gasteiger partial charge in [0.15, 0.2) is 11.6 Å². The fourth-order valence-corrected chi connectivity index (χ4v) is 4.29. The number of sulfonamides is 1. The van der Waals surface area contributed by atoms with Gasteiger partial charge in [-0.15, -0.1) is 0 Å². The Labute approximate surface area is 186 Å². The summed E-state index contributed by atoms with van der Waals surface area (Å²) >= 11 is 0. The van der Waals surface area contributed by atoms with Crippen LogP contribution in [0.15, 0.2) is 53.5 Å². The summed E-state index contributed by atoms with van der Waals surface area (Å²) in [5.41, 5.74) is 3.65. The van der Waals surface area contributed by atoms with Crippen LogP contribution < -0.4 is 15.0 Å². The Kier molecular flexibility index (Phi) is 5.64. The number of aromatic nitrogens is 1. The van der Waals surface area contributed by atoms with E-state index in [4.69, 9.17) is 4.74 Å². The maximum Gasteiger partial charge on any atom is 0.254 e. The van der Waals surface area contributed by atoms with Gasteiger partial charge >= 0.3 is 0 Å². The summed E-state index contributed by atoms with van der Waals surface area (Å²) in [6, 6.07) is 9.47. The number of hydrogen-bond donors (Lipinski definition) is 1. The number of nitrogens with one attached hydrogen (secondary N) is 1. The van der Waals surface area contributed by atoms with Crippen LogP contribution in [0.25, 0.3) is 17.2 Å². The van der Waals surface area contributed by atoms with E-state index in [0.29, 0.717) is 34.5 Å². The summed E-state index contributed by atoms with van der Waals surface area (Å²) in [6.07, 6.45) is 5.97. The van der Waals surface area contributed by atoms with Crippen molar-refractivity contribution >= 4 is 21.8 Å². The summed E-state index contributed by atoms with van der Waals surface area (Å²) in [6.45, 7) is 3.33. The zero-order valence-corrected chi connectivity index (χ0v) is 18.8. The third kappa shape index (κ3) is 4.18. The van der Waals surface area contributed by atoms with E-state index in [0.717, 1.165) is 11.1 Å². The lowest BCUT2D eigenvalue weighted by atomic mass is 9.98. The van der Waals surface area contributed by atoms with Gasteiger partial charge in [0.1, 0.15) is 5.75 Å². The van der Waals surface area contributed by atoms with Gasteiger partial charge in [-0.1, -0.05) is 18.2 Å². The minimum absolute atomic E-state index is 0.0516. The van der Waals surface area contributed by atoms with Gasteiger partial charge in [-0.25, -0.2) is 12.8 Å². The molecule has 0 fully saturated rings. The van der Waals surface area contributed by atoms with Crippen LogP contribution in [-0.4, -0.2) is 18.7 Å². The van der Waals surface area contributed by atoms with Crippen LogP contribution in [0.4, 0.5) is 10.1 Å². The van der Waals surface area contributed by atoms with E-state index in [1.54, 1.807) is 57.4 Å². The number of ether oxygens (including phenoxy) is 1. The number of rotatable bonds is 6. The molecule has 1 aliphatic carbocycles. The van der Waals surface area contributed by atoms with Crippen molar-refractivity contribution in [3.63, 3.8) is 0 Å². The van der Waals surface area contributed by atoms with E-state index in [1.165, 1.54) is 10.6 Å². The molecule has 0 radical (unpaired) electrons. The molecule has 0 unspecified atom stereocenters. The van der Waals surface area contributed by atoms with E-state index in [9.17, 15) is 17.6 Å². The van der Waals surface area contributed by atoms with Crippen LogP contribution >= 0.6 is 0 Å². The van der Waals surface area contributed by atoms with Crippen LogP contribution in [0.3, 0.4) is 0 Å². The highest BCUT2D eigenvalue weighted by molar-refractivity contribution is 7.92. The number of allylic oxidation sites excluding steroid dienone is 1. The predicted octanol–water partition coefficient (Wildman–Crippen LogP) is 4.62. The molecule has 0 amide bonds. The molecule has 1 aromatic heterocycles. The summed E-state index contributed by atoms with van der Waals surface area (Å²) in [5.74, 6) is -0.186. The highest BCUT2D eigenvalue weighted by Crippen LogP contribution is 2.39. The Hall–Kier alpha value is -3.39. The topological polar surface area (TPSA) is 77.4 Å². The van der Waals surface area contributed by atoms with Crippen molar-refractivity contribution in [2.24, 2.45) is 7.05 Å². The Morgan fingerprint density at radius 3 is 2.59 bits per heavy atom. The molecule has 1 N–H and O–H groups in total. The lowest BCUT2D eigenvalue weighted by Crippen LogP contribution is -2.21. The van der Waals surface area contributed by atoms with Gasteiger partial charge in [0.25, 0.3) is 5.56 Å². The molecule has 0 spiro atoms. The highest BCUT2D eigenvalue weighted by Gasteiger charge is 2.21. The molecule has 0 saturated heterocycles. The number of fused-ring (bicyclic) bond motifs is 1. The van der Waals surface area contributed by atoms with Gasteiger partial charge in [-0.2, -0.15) is 0 Å². The van der Waals surface area contributed by atoms with Gasteiger partial charge in [0, 0.05) is 35.6 Å². The van der Waals surface area contributed by atoms with Gasteiger partial charge in [0.2, 0.25) is 10.0 Å². The first-order valence-electron chi connectivity index (χ1n) is 10.2. The van der Waals surface area contributed by atoms with E-state index in [2.05, 4.69) is 4.72 Å². The standard InChI is InChI=1S/C24H23FN2O4S/c1-4-32(29,30)26-16-9-11-22(31-23-10-8-15(2)12-21(23)25)19(13-16)20-14-27(3)24(28)18-7-5-6-17(18)20/h5-6,8-14,26H,4,7H2,1-3H3. The number of anilines is 1. The molecule has 0 atom stereocenters. The Morgan fingerprint density at radius 2 is 1.88 bits per heavy atom. The Morgan fingerprint density at radius 1 is 1.12 bits per heavy atom. The maximum atomic E-state index is 14.5. The minimum atomic E-state index is -3.50. The molecule has 1 heterocycles.